The van der Waals surface area contributed by atoms with E-state index >= 15 is 0 Å². The van der Waals surface area contributed by atoms with E-state index in [1.165, 1.54) is 24.3 Å². The zero-order chi connectivity index (χ0) is 14.9. The van der Waals surface area contributed by atoms with Crippen molar-refractivity contribution in [2.45, 2.75) is 4.90 Å². The number of nitrogens with one attached hydrogen (secondary N) is 1. The summed E-state index contributed by atoms with van der Waals surface area (Å²) < 4.78 is 41.8. The average molecular weight is 535 g/mol. The lowest BCUT2D eigenvalue weighted by Gasteiger charge is -2.11. The van der Waals surface area contributed by atoms with Crippen LogP contribution in [0.2, 0.25) is 0 Å². The van der Waals surface area contributed by atoms with Crippen LogP contribution in [0.1, 0.15) is 0 Å². The second-order valence-corrected chi connectivity index (χ2v) is 8.39. The molecule has 2 aromatic carbocycles. The van der Waals surface area contributed by atoms with E-state index in [0.29, 0.717) is 18.2 Å². The first-order valence-electron chi connectivity index (χ1n) is 5.22. The lowest BCUT2D eigenvalue weighted by atomic mass is 10.3. The van der Waals surface area contributed by atoms with E-state index in [1.54, 1.807) is 12.1 Å². The third-order valence-corrected chi connectivity index (χ3v) is 6.10. The van der Waals surface area contributed by atoms with Gasteiger partial charge in [0.2, 0.25) is 0 Å². The van der Waals surface area contributed by atoms with Gasteiger partial charge in [-0.3, -0.25) is 4.72 Å². The molecule has 2 rings (SSSR count). The molecule has 8 heteroatoms. The topological polar surface area (TPSA) is 46.2 Å². The highest BCUT2D eigenvalue weighted by Crippen LogP contribution is 2.28. The Labute approximate surface area is 146 Å². The molecular weight excluding hydrogens is 528 g/mol. The lowest BCUT2D eigenvalue weighted by Crippen LogP contribution is -2.14. The third kappa shape index (κ3) is 3.71. The first-order chi connectivity index (χ1) is 9.29. The molecule has 0 unspecified atom stereocenters. The quantitative estimate of drug-likeness (QED) is 0.577. The van der Waals surface area contributed by atoms with E-state index in [9.17, 15) is 12.8 Å². The molecule has 0 saturated carbocycles. The number of hydrogen-bond donors (Lipinski definition) is 1. The van der Waals surface area contributed by atoms with E-state index in [0.717, 1.165) is 0 Å². The predicted molar refractivity (Wildman–Crippen MR) is 91.8 cm³/mol. The predicted octanol–water partition coefficient (Wildman–Crippen LogP) is 4.76. The van der Waals surface area contributed by atoms with Gasteiger partial charge in [0.1, 0.15) is 10.7 Å². The molecular formula is C12H7Br2FINO2S. The zero-order valence-electron chi connectivity index (χ0n) is 9.70. The van der Waals surface area contributed by atoms with Crippen LogP contribution in [0.25, 0.3) is 0 Å². The number of anilines is 1. The van der Waals surface area contributed by atoms with Gasteiger partial charge in [0.25, 0.3) is 10.0 Å². The summed E-state index contributed by atoms with van der Waals surface area (Å²) in [5.74, 6) is -0.416. The summed E-state index contributed by atoms with van der Waals surface area (Å²) in [4.78, 5) is 0.104. The Morgan fingerprint density at radius 3 is 2.45 bits per heavy atom. The van der Waals surface area contributed by atoms with Crippen molar-refractivity contribution in [3.63, 3.8) is 0 Å². The number of sulfonamides is 1. The Balaban J connectivity index is 2.43. The van der Waals surface area contributed by atoms with Gasteiger partial charge in [-0.1, -0.05) is 15.9 Å². The summed E-state index contributed by atoms with van der Waals surface area (Å²) in [5.41, 5.74) is 0.332. The van der Waals surface area contributed by atoms with Crippen LogP contribution in [0.15, 0.2) is 50.2 Å². The molecule has 0 spiro atoms. The first kappa shape index (κ1) is 16.2. The highest BCUT2D eigenvalue weighted by molar-refractivity contribution is 14.1. The monoisotopic (exact) mass is 533 g/mol. The number of rotatable bonds is 3. The molecule has 0 aliphatic rings. The molecule has 0 saturated heterocycles. The van der Waals surface area contributed by atoms with Crippen LogP contribution in [0, 0.1) is 9.39 Å². The number of halogens is 4. The van der Waals surface area contributed by atoms with Crippen LogP contribution < -0.4 is 4.72 Å². The SMILES string of the molecule is O=S(=O)(Nc1ccc(F)cc1I)c1cc(Br)ccc1Br. The maximum absolute atomic E-state index is 13.0. The summed E-state index contributed by atoms with van der Waals surface area (Å²) >= 11 is 8.31. The van der Waals surface area contributed by atoms with Gasteiger partial charge >= 0.3 is 0 Å². The van der Waals surface area contributed by atoms with Gasteiger partial charge in [-0.25, -0.2) is 12.8 Å². The van der Waals surface area contributed by atoms with Gasteiger partial charge < -0.3 is 0 Å². The van der Waals surface area contributed by atoms with Crippen LogP contribution in [0.5, 0.6) is 0 Å². The van der Waals surface area contributed by atoms with Crippen LogP contribution in [0.3, 0.4) is 0 Å². The van der Waals surface area contributed by atoms with E-state index < -0.39 is 15.8 Å². The van der Waals surface area contributed by atoms with Gasteiger partial charge in [0.05, 0.1) is 5.69 Å². The van der Waals surface area contributed by atoms with E-state index in [1.807, 2.05) is 22.6 Å². The highest BCUT2D eigenvalue weighted by atomic mass is 127. The van der Waals surface area contributed by atoms with Crippen molar-refractivity contribution >= 4 is 70.2 Å². The van der Waals surface area contributed by atoms with Crippen molar-refractivity contribution in [2.75, 3.05) is 4.72 Å². The molecule has 2 aromatic rings. The number of hydrogen-bond acceptors (Lipinski definition) is 2. The van der Waals surface area contributed by atoms with Crippen molar-refractivity contribution < 1.29 is 12.8 Å². The van der Waals surface area contributed by atoms with Gasteiger partial charge in [0, 0.05) is 12.5 Å². The molecule has 3 nitrogen and oxygen atoms in total. The van der Waals surface area contributed by atoms with Gasteiger partial charge in [-0.05, 0) is 74.9 Å². The lowest BCUT2D eigenvalue weighted by molar-refractivity contribution is 0.600. The molecule has 0 aromatic heterocycles. The molecule has 0 aliphatic heterocycles. The summed E-state index contributed by atoms with van der Waals surface area (Å²) in [7, 11) is -3.76. The fourth-order valence-electron chi connectivity index (χ4n) is 1.46. The van der Waals surface area contributed by atoms with Gasteiger partial charge in [0.15, 0.2) is 0 Å². The molecule has 0 amide bonds. The molecule has 0 aliphatic carbocycles. The van der Waals surface area contributed by atoms with Crippen LogP contribution in [-0.4, -0.2) is 8.42 Å². The Morgan fingerprint density at radius 1 is 1.10 bits per heavy atom. The summed E-state index contributed by atoms with van der Waals surface area (Å²) in [6, 6.07) is 8.70. The highest BCUT2D eigenvalue weighted by Gasteiger charge is 2.19. The van der Waals surface area contributed by atoms with Gasteiger partial charge in [-0.2, -0.15) is 0 Å². The van der Waals surface area contributed by atoms with E-state index in [-0.39, 0.29) is 4.90 Å². The van der Waals surface area contributed by atoms with Crippen molar-refractivity contribution in [3.05, 3.63) is 54.7 Å². The molecule has 0 bridgehead atoms. The minimum absolute atomic E-state index is 0.104. The Bertz CT molecular complexity index is 768. The Kier molecular flexibility index (Phi) is 5.09. The molecule has 0 radical (unpaired) electrons. The maximum Gasteiger partial charge on any atom is 0.263 e. The third-order valence-electron chi connectivity index (χ3n) is 2.36. The summed E-state index contributed by atoms with van der Waals surface area (Å²) in [5, 5.41) is 0. The first-order valence-corrected chi connectivity index (χ1v) is 9.37. The van der Waals surface area contributed by atoms with Gasteiger partial charge in [-0.15, -0.1) is 0 Å². The normalized spacial score (nSPS) is 11.4. The molecule has 0 atom stereocenters. The van der Waals surface area contributed by atoms with Crippen molar-refractivity contribution in [1.29, 1.82) is 0 Å². The number of benzene rings is 2. The van der Waals surface area contributed by atoms with E-state index in [4.69, 9.17) is 0 Å². The van der Waals surface area contributed by atoms with Crippen LogP contribution in [0.4, 0.5) is 10.1 Å². The fraction of sp³-hybridized carbons (Fsp3) is 0. The fourth-order valence-corrected chi connectivity index (χ4v) is 4.83. The van der Waals surface area contributed by atoms with Crippen LogP contribution in [-0.2, 0) is 10.0 Å². The maximum atomic E-state index is 13.0. The molecule has 20 heavy (non-hydrogen) atoms. The summed E-state index contributed by atoms with van der Waals surface area (Å²) in [6.45, 7) is 0. The Hall–Kier alpha value is -0.190. The van der Waals surface area contributed by atoms with Crippen molar-refractivity contribution in [1.82, 2.24) is 0 Å². The molecule has 1 N–H and O–H groups in total. The Morgan fingerprint density at radius 2 is 1.80 bits per heavy atom. The van der Waals surface area contributed by atoms with E-state index in [2.05, 4.69) is 36.6 Å². The van der Waals surface area contributed by atoms with Crippen molar-refractivity contribution in [2.24, 2.45) is 0 Å². The zero-order valence-corrected chi connectivity index (χ0v) is 15.8. The summed E-state index contributed by atoms with van der Waals surface area (Å²) in [6.07, 6.45) is 0. The van der Waals surface area contributed by atoms with Crippen molar-refractivity contribution in [3.8, 4) is 0 Å². The average Bonchev–Trinajstić information content (AvgIpc) is 2.35. The largest absolute Gasteiger partial charge is 0.279 e. The molecule has 106 valence electrons. The smallest absolute Gasteiger partial charge is 0.263 e. The minimum atomic E-state index is -3.76. The molecule has 0 heterocycles. The molecule has 0 fully saturated rings. The minimum Gasteiger partial charge on any atom is -0.279 e. The standard InChI is InChI=1S/C12H7Br2FINO2S/c13-7-1-3-9(14)12(5-7)20(18,19)17-11-4-2-8(15)6-10(11)16/h1-6,17H. The second kappa shape index (κ2) is 6.29. The second-order valence-electron chi connectivity index (χ2n) is 3.80. The van der Waals surface area contributed by atoms with Crippen LogP contribution >= 0.6 is 54.5 Å².